The molecule has 0 amide bonds. The van der Waals surface area contributed by atoms with Crippen LogP contribution in [0.25, 0.3) is 0 Å². The molecule has 0 aromatic heterocycles. The zero-order valence-electron chi connectivity index (χ0n) is 10.3. The lowest BCUT2D eigenvalue weighted by atomic mass is 9.95. The maximum absolute atomic E-state index is 11.8. The van der Waals surface area contributed by atoms with Gasteiger partial charge in [-0.05, 0) is 38.0 Å². The van der Waals surface area contributed by atoms with Crippen LogP contribution in [0.15, 0.2) is 0 Å². The molecule has 2 atom stereocenters. The number of thioether (sulfide) groups is 1. The summed E-state index contributed by atoms with van der Waals surface area (Å²) in [6, 6.07) is 0.590. The average molecular weight is 241 g/mol. The van der Waals surface area contributed by atoms with Crippen molar-refractivity contribution >= 4 is 17.5 Å². The second-order valence-electron chi connectivity index (χ2n) is 4.91. The Morgan fingerprint density at radius 3 is 2.94 bits per heavy atom. The highest BCUT2D eigenvalue weighted by atomic mass is 32.2. The monoisotopic (exact) mass is 241 g/mol. The van der Waals surface area contributed by atoms with Crippen LogP contribution in [0.3, 0.4) is 0 Å². The third kappa shape index (κ3) is 2.80. The first kappa shape index (κ1) is 12.4. The number of Topliss-reactive ketones (excluding diaryl/α,β-unsaturated/α-hetero) is 1. The molecule has 0 spiro atoms. The number of rotatable bonds is 5. The van der Waals surface area contributed by atoms with Crippen molar-refractivity contribution in [2.45, 2.75) is 45.1 Å². The standard InChI is InChI=1S/C13H23NOS/c1-2-16-10-9-14-8-4-6-12(14)11-5-3-7-13(11)15/h11-12H,2-10H2,1H3. The Hall–Kier alpha value is -0.0200. The largest absolute Gasteiger partial charge is 0.299 e. The summed E-state index contributed by atoms with van der Waals surface area (Å²) in [5.41, 5.74) is 0. The fourth-order valence-electron chi connectivity index (χ4n) is 3.16. The van der Waals surface area contributed by atoms with Gasteiger partial charge < -0.3 is 0 Å². The van der Waals surface area contributed by atoms with Crippen LogP contribution in [0, 0.1) is 5.92 Å². The van der Waals surface area contributed by atoms with E-state index in [4.69, 9.17) is 0 Å². The molecule has 0 bridgehead atoms. The Morgan fingerprint density at radius 2 is 2.25 bits per heavy atom. The van der Waals surface area contributed by atoms with Crippen molar-refractivity contribution in [2.24, 2.45) is 5.92 Å². The van der Waals surface area contributed by atoms with Crippen LogP contribution in [-0.4, -0.2) is 41.3 Å². The molecule has 0 aromatic carbocycles. The molecule has 2 fully saturated rings. The predicted molar refractivity (Wildman–Crippen MR) is 69.9 cm³/mol. The lowest BCUT2D eigenvalue weighted by molar-refractivity contribution is -0.122. The Bertz CT molecular complexity index is 244. The Morgan fingerprint density at radius 1 is 1.38 bits per heavy atom. The predicted octanol–water partition coefficient (Wildman–Crippen LogP) is 2.57. The number of carbonyl (C=O) groups excluding carboxylic acids is 1. The zero-order chi connectivity index (χ0) is 11.4. The number of hydrogen-bond donors (Lipinski definition) is 0. The molecule has 0 aromatic rings. The lowest BCUT2D eigenvalue weighted by Gasteiger charge is -2.28. The minimum Gasteiger partial charge on any atom is -0.299 e. The third-order valence-electron chi connectivity index (χ3n) is 3.96. The van der Waals surface area contributed by atoms with E-state index in [2.05, 4.69) is 11.8 Å². The summed E-state index contributed by atoms with van der Waals surface area (Å²) < 4.78 is 0. The topological polar surface area (TPSA) is 20.3 Å². The van der Waals surface area contributed by atoms with E-state index in [1.807, 2.05) is 11.8 Å². The number of carbonyl (C=O) groups is 1. The quantitative estimate of drug-likeness (QED) is 0.690. The van der Waals surface area contributed by atoms with Crippen LogP contribution < -0.4 is 0 Å². The summed E-state index contributed by atoms with van der Waals surface area (Å²) in [6.45, 7) is 4.62. The van der Waals surface area contributed by atoms with Gasteiger partial charge in [0, 0.05) is 30.7 Å². The molecule has 2 rings (SSSR count). The SMILES string of the molecule is CCSCCN1CCCC1C1CCCC1=O. The van der Waals surface area contributed by atoms with Gasteiger partial charge in [0.2, 0.25) is 0 Å². The molecule has 16 heavy (non-hydrogen) atoms. The van der Waals surface area contributed by atoms with E-state index in [9.17, 15) is 4.79 Å². The van der Waals surface area contributed by atoms with Crippen molar-refractivity contribution in [3.63, 3.8) is 0 Å². The van der Waals surface area contributed by atoms with Crippen LogP contribution in [0.5, 0.6) is 0 Å². The lowest BCUT2D eigenvalue weighted by Crippen LogP contribution is -2.38. The molecule has 2 nitrogen and oxygen atoms in total. The maximum atomic E-state index is 11.8. The summed E-state index contributed by atoms with van der Waals surface area (Å²) in [6.07, 6.45) is 5.69. The third-order valence-corrected chi connectivity index (χ3v) is 4.84. The van der Waals surface area contributed by atoms with Crippen molar-refractivity contribution in [3.05, 3.63) is 0 Å². The van der Waals surface area contributed by atoms with Crippen molar-refractivity contribution in [2.75, 3.05) is 24.6 Å². The summed E-state index contributed by atoms with van der Waals surface area (Å²) in [5.74, 6) is 3.36. The molecular formula is C13H23NOS. The van der Waals surface area contributed by atoms with Gasteiger partial charge >= 0.3 is 0 Å². The summed E-state index contributed by atoms with van der Waals surface area (Å²) in [7, 11) is 0. The molecule has 2 unspecified atom stereocenters. The smallest absolute Gasteiger partial charge is 0.137 e. The van der Waals surface area contributed by atoms with Crippen LogP contribution in [-0.2, 0) is 4.79 Å². The Kier molecular flexibility index (Phi) is 4.71. The van der Waals surface area contributed by atoms with E-state index in [-0.39, 0.29) is 0 Å². The van der Waals surface area contributed by atoms with Crippen molar-refractivity contribution in [1.29, 1.82) is 0 Å². The first-order valence-electron chi connectivity index (χ1n) is 6.67. The Balaban J connectivity index is 1.85. The molecule has 1 aliphatic carbocycles. The van der Waals surface area contributed by atoms with Crippen LogP contribution in [0.4, 0.5) is 0 Å². The molecule has 1 saturated heterocycles. The van der Waals surface area contributed by atoms with Crippen molar-refractivity contribution in [1.82, 2.24) is 4.90 Å². The van der Waals surface area contributed by atoms with Gasteiger partial charge in [-0.3, -0.25) is 9.69 Å². The van der Waals surface area contributed by atoms with Crippen LogP contribution in [0.1, 0.15) is 39.0 Å². The van der Waals surface area contributed by atoms with E-state index in [0.29, 0.717) is 17.7 Å². The zero-order valence-corrected chi connectivity index (χ0v) is 11.1. The van der Waals surface area contributed by atoms with Gasteiger partial charge in [-0.25, -0.2) is 0 Å². The van der Waals surface area contributed by atoms with E-state index in [1.54, 1.807) is 0 Å². The maximum Gasteiger partial charge on any atom is 0.137 e. The summed E-state index contributed by atoms with van der Waals surface area (Å²) >= 11 is 2.01. The fourth-order valence-corrected chi connectivity index (χ4v) is 3.81. The van der Waals surface area contributed by atoms with Gasteiger partial charge in [-0.1, -0.05) is 6.92 Å². The molecule has 2 aliphatic rings. The first-order valence-corrected chi connectivity index (χ1v) is 7.83. The van der Waals surface area contributed by atoms with Gasteiger partial charge in [0.05, 0.1) is 0 Å². The highest BCUT2D eigenvalue weighted by Crippen LogP contribution is 2.33. The first-order chi connectivity index (χ1) is 7.83. The van der Waals surface area contributed by atoms with E-state index in [1.165, 1.54) is 37.4 Å². The van der Waals surface area contributed by atoms with Crippen LogP contribution >= 0.6 is 11.8 Å². The average Bonchev–Trinajstić information content (AvgIpc) is 2.87. The summed E-state index contributed by atoms with van der Waals surface area (Å²) in [4.78, 5) is 14.4. The molecule has 1 saturated carbocycles. The number of ketones is 1. The van der Waals surface area contributed by atoms with Crippen LogP contribution in [0.2, 0.25) is 0 Å². The van der Waals surface area contributed by atoms with Gasteiger partial charge in [0.1, 0.15) is 5.78 Å². The summed E-state index contributed by atoms with van der Waals surface area (Å²) in [5, 5.41) is 0. The van der Waals surface area contributed by atoms with E-state index in [0.717, 1.165) is 19.3 Å². The van der Waals surface area contributed by atoms with E-state index < -0.39 is 0 Å². The van der Waals surface area contributed by atoms with E-state index >= 15 is 0 Å². The minimum atomic E-state index is 0.383. The van der Waals surface area contributed by atoms with Gasteiger partial charge in [-0.15, -0.1) is 0 Å². The second kappa shape index (κ2) is 6.06. The second-order valence-corrected chi connectivity index (χ2v) is 6.30. The van der Waals surface area contributed by atoms with Gasteiger partial charge in [-0.2, -0.15) is 11.8 Å². The number of nitrogens with zero attached hydrogens (tertiary/aromatic N) is 1. The highest BCUT2D eigenvalue weighted by molar-refractivity contribution is 7.99. The van der Waals surface area contributed by atoms with Crippen molar-refractivity contribution < 1.29 is 4.79 Å². The Labute approximate surface area is 103 Å². The highest BCUT2D eigenvalue weighted by Gasteiger charge is 2.37. The molecular weight excluding hydrogens is 218 g/mol. The fraction of sp³-hybridized carbons (Fsp3) is 0.923. The molecule has 3 heteroatoms. The normalized spacial score (nSPS) is 31.4. The molecule has 92 valence electrons. The molecule has 0 radical (unpaired) electrons. The minimum absolute atomic E-state index is 0.383. The molecule has 0 N–H and O–H groups in total. The van der Waals surface area contributed by atoms with Gasteiger partial charge in [0.15, 0.2) is 0 Å². The number of likely N-dealkylation sites (tertiary alicyclic amines) is 1. The number of hydrogen-bond acceptors (Lipinski definition) is 3. The van der Waals surface area contributed by atoms with Gasteiger partial charge in [0.25, 0.3) is 0 Å². The molecule has 1 aliphatic heterocycles. The molecule has 1 heterocycles. The van der Waals surface area contributed by atoms with Crippen molar-refractivity contribution in [3.8, 4) is 0 Å².